The van der Waals surface area contributed by atoms with Crippen molar-refractivity contribution in [2.24, 2.45) is 0 Å². The molecule has 1 aliphatic carbocycles. The number of allylic oxidation sites excluding steroid dienone is 2. The highest BCUT2D eigenvalue weighted by molar-refractivity contribution is 6.27. The number of ketones is 2. The molecule has 0 spiro atoms. The molecule has 0 radical (unpaired) electrons. The van der Waals surface area contributed by atoms with Gasteiger partial charge in [0.1, 0.15) is 6.10 Å². The van der Waals surface area contributed by atoms with Crippen LogP contribution in [0.5, 0.6) is 0 Å². The fraction of sp³-hybridized carbons (Fsp3) is 0.200. The lowest BCUT2D eigenvalue weighted by atomic mass is 9.81. The third-order valence-corrected chi connectivity index (χ3v) is 3.11. The van der Waals surface area contributed by atoms with Gasteiger partial charge in [-0.25, -0.2) is 0 Å². The first-order valence-electron chi connectivity index (χ1n) is 5.93. The Hall–Kier alpha value is -2.04. The highest BCUT2D eigenvalue weighted by Crippen LogP contribution is 2.29. The van der Waals surface area contributed by atoms with Gasteiger partial charge in [-0.1, -0.05) is 30.3 Å². The van der Waals surface area contributed by atoms with Crippen molar-refractivity contribution in [3.05, 3.63) is 59.2 Å². The van der Waals surface area contributed by atoms with Gasteiger partial charge >= 0.3 is 0 Å². The van der Waals surface area contributed by atoms with E-state index in [1.54, 1.807) is 24.3 Å². The summed E-state index contributed by atoms with van der Waals surface area (Å²) < 4.78 is 0. The van der Waals surface area contributed by atoms with Gasteiger partial charge in [-0.15, -0.1) is 6.58 Å². The molecule has 1 aromatic carbocycles. The first kappa shape index (κ1) is 13.4. The Bertz CT molecular complexity index is 584. The fourth-order valence-electron chi connectivity index (χ4n) is 2.24. The number of aliphatic hydroxyl groups is 2. The maximum atomic E-state index is 12.3. The number of carbonyl (C=O) groups is 2. The number of benzene rings is 1. The van der Waals surface area contributed by atoms with E-state index in [1.165, 1.54) is 6.08 Å². The summed E-state index contributed by atoms with van der Waals surface area (Å²) in [6, 6.07) is 6.47. The van der Waals surface area contributed by atoms with Crippen LogP contribution in [0.1, 0.15) is 27.1 Å². The summed E-state index contributed by atoms with van der Waals surface area (Å²) in [5.41, 5.74) is 0.785. The maximum Gasteiger partial charge on any atom is 0.192 e. The highest BCUT2D eigenvalue weighted by atomic mass is 16.3. The molecule has 4 heteroatoms. The van der Waals surface area contributed by atoms with Crippen molar-refractivity contribution in [1.29, 1.82) is 0 Å². The van der Waals surface area contributed by atoms with E-state index in [0.717, 1.165) is 0 Å². The van der Waals surface area contributed by atoms with E-state index >= 15 is 0 Å². The van der Waals surface area contributed by atoms with Crippen molar-refractivity contribution < 1.29 is 19.8 Å². The molecule has 1 aromatic rings. The van der Waals surface area contributed by atoms with Crippen LogP contribution in [-0.4, -0.2) is 34.5 Å². The van der Waals surface area contributed by atoms with Crippen LogP contribution in [0.4, 0.5) is 0 Å². The highest BCUT2D eigenvalue weighted by Gasteiger charge is 2.34. The van der Waals surface area contributed by atoms with Crippen molar-refractivity contribution in [3.63, 3.8) is 0 Å². The number of hydrogen-bond acceptors (Lipinski definition) is 4. The topological polar surface area (TPSA) is 74.6 Å². The number of carbonyl (C=O) groups excluding carboxylic acids is 2. The minimum Gasteiger partial charge on any atom is -0.393 e. The van der Waals surface area contributed by atoms with E-state index in [2.05, 4.69) is 6.58 Å². The van der Waals surface area contributed by atoms with E-state index in [4.69, 9.17) is 5.11 Å². The predicted molar refractivity (Wildman–Crippen MR) is 70.0 cm³/mol. The molecular formula is C15H14O4. The first-order valence-corrected chi connectivity index (χ1v) is 5.93. The fourth-order valence-corrected chi connectivity index (χ4v) is 2.24. The number of aliphatic hydroxyl groups excluding tert-OH is 2. The Balaban J connectivity index is 2.65. The largest absolute Gasteiger partial charge is 0.393 e. The number of fused-ring (bicyclic) bond motifs is 1. The average molecular weight is 258 g/mol. The molecule has 2 N–H and O–H groups in total. The normalized spacial score (nSPS) is 16.3. The minimum absolute atomic E-state index is 0.0221. The Morgan fingerprint density at radius 1 is 1.16 bits per heavy atom. The molecule has 0 aromatic heterocycles. The van der Waals surface area contributed by atoms with Crippen molar-refractivity contribution in [3.8, 4) is 0 Å². The van der Waals surface area contributed by atoms with Crippen LogP contribution in [0.2, 0.25) is 0 Å². The Labute approximate surface area is 110 Å². The van der Waals surface area contributed by atoms with Gasteiger partial charge in [-0.05, 0) is 6.42 Å². The average Bonchev–Trinajstić information content (AvgIpc) is 2.44. The number of rotatable bonds is 4. The molecule has 4 nitrogen and oxygen atoms in total. The lowest BCUT2D eigenvalue weighted by molar-refractivity contribution is 0.0865. The van der Waals surface area contributed by atoms with Crippen molar-refractivity contribution in [2.45, 2.75) is 12.5 Å². The van der Waals surface area contributed by atoms with Gasteiger partial charge in [-0.3, -0.25) is 9.59 Å². The van der Waals surface area contributed by atoms with Crippen LogP contribution in [-0.2, 0) is 0 Å². The van der Waals surface area contributed by atoms with Gasteiger partial charge in [0, 0.05) is 22.3 Å². The van der Waals surface area contributed by atoms with Gasteiger partial charge in [0.2, 0.25) is 0 Å². The van der Waals surface area contributed by atoms with E-state index in [1.807, 2.05) is 0 Å². The third kappa shape index (κ3) is 2.16. The third-order valence-electron chi connectivity index (χ3n) is 3.11. The SMILES string of the molecule is C=CCC1=C(C(O)CO)C(=O)c2ccccc2C1=O. The molecule has 0 aliphatic heterocycles. The summed E-state index contributed by atoms with van der Waals surface area (Å²) in [6.07, 6.45) is 0.337. The molecule has 1 atom stereocenters. The summed E-state index contributed by atoms with van der Waals surface area (Å²) in [5, 5.41) is 18.8. The molecule has 0 saturated heterocycles. The molecule has 19 heavy (non-hydrogen) atoms. The van der Waals surface area contributed by atoms with Gasteiger partial charge in [-0.2, -0.15) is 0 Å². The van der Waals surface area contributed by atoms with Gasteiger partial charge in [0.05, 0.1) is 6.61 Å². The summed E-state index contributed by atoms with van der Waals surface area (Å²) >= 11 is 0. The van der Waals surface area contributed by atoms with Crippen LogP contribution < -0.4 is 0 Å². The van der Waals surface area contributed by atoms with E-state index in [-0.39, 0.29) is 28.9 Å². The second-order valence-electron chi connectivity index (χ2n) is 4.29. The standard InChI is InChI=1S/C15H14O4/c1-2-5-11-13(12(17)8-16)15(19)10-7-4-3-6-9(10)14(11)18/h2-4,6-7,12,16-17H,1,5,8H2. The van der Waals surface area contributed by atoms with E-state index in [9.17, 15) is 14.7 Å². The first-order chi connectivity index (χ1) is 9.11. The lowest BCUT2D eigenvalue weighted by Gasteiger charge is -2.22. The monoisotopic (exact) mass is 258 g/mol. The molecule has 2 rings (SSSR count). The van der Waals surface area contributed by atoms with Crippen LogP contribution in [0.15, 0.2) is 48.1 Å². The summed E-state index contributed by atoms with van der Waals surface area (Å²) in [7, 11) is 0. The maximum absolute atomic E-state index is 12.3. The van der Waals surface area contributed by atoms with E-state index in [0.29, 0.717) is 5.56 Å². The second kappa shape index (κ2) is 5.30. The molecule has 0 amide bonds. The molecule has 1 unspecified atom stereocenters. The predicted octanol–water partition coefficient (Wildman–Crippen LogP) is 1.29. The quantitative estimate of drug-likeness (QED) is 0.798. The Morgan fingerprint density at radius 3 is 2.26 bits per heavy atom. The van der Waals surface area contributed by atoms with E-state index < -0.39 is 18.5 Å². The van der Waals surface area contributed by atoms with Crippen LogP contribution in [0, 0.1) is 0 Å². The lowest BCUT2D eigenvalue weighted by Crippen LogP contribution is -2.30. The molecule has 0 bridgehead atoms. The number of hydrogen-bond donors (Lipinski definition) is 2. The van der Waals surface area contributed by atoms with Gasteiger partial charge in [0.25, 0.3) is 0 Å². The molecular weight excluding hydrogens is 244 g/mol. The Morgan fingerprint density at radius 2 is 1.74 bits per heavy atom. The van der Waals surface area contributed by atoms with Crippen molar-refractivity contribution in [1.82, 2.24) is 0 Å². The minimum atomic E-state index is -1.35. The zero-order valence-corrected chi connectivity index (χ0v) is 10.3. The Kier molecular flexibility index (Phi) is 3.74. The van der Waals surface area contributed by atoms with Gasteiger partial charge < -0.3 is 10.2 Å². The van der Waals surface area contributed by atoms with Gasteiger partial charge in [0.15, 0.2) is 11.6 Å². The zero-order chi connectivity index (χ0) is 14.0. The summed E-state index contributed by atoms with van der Waals surface area (Å²) in [6.45, 7) is 2.95. The zero-order valence-electron chi connectivity index (χ0n) is 10.3. The molecule has 0 fully saturated rings. The number of Topliss-reactive ketones (excluding diaryl/α,β-unsaturated/α-hetero) is 2. The summed E-state index contributed by atoms with van der Waals surface area (Å²) in [5.74, 6) is -0.703. The smallest absolute Gasteiger partial charge is 0.192 e. The molecule has 0 heterocycles. The molecule has 1 aliphatic rings. The second-order valence-corrected chi connectivity index (χ2v) is 4.29. The van der Waals surface area contributed by atoms with Crippen molar-refractivity contribution >= 4 is 11.6 Å². The van der Waals surface area contributed by atoms with Crippen molar-refractivity contribution in [2.75, 3.05) is 6.61 Å². The van der Waals surface area contributed by atoms with Crippen LogP contribution in [0.3, 0.4) is 0 Å². The summed E-state index contributed by atoms with van der Waals surface area (Å²) in [4.78, 5) is 24.7. The van der Waals surface area contributed by atoms with Crippen LogP contribution in [0.25, 0.3) is 0 Å². The van der Waals surface area contributed by atoms with Crippen LogP contribution >= 0.6 is 0 Å². The molecule has 0 saturated carbocycles. The molecule has 98 valence electrons.